The Morgan fingerprint density at radius 3 is 1.95 bits per heavy atom. The average Bonchev–Trinajstić information content (AvgIpc) is 2.93. The Labute approximate surface area is 229 Å². The second-order valence-corrected chi connectivity index (χ2v) is 8.37. The van der Waals surface area contributed by atoms with Crippen molar-refractivity contribution in [1.29, 1.82) is 0 Å². The van der Waals surface area contributed by atoms with Crippen LogP contribution in [-0.2, 0) is 16.0 Å². The van der Waals surface area contributed by atoms with Crippen LogP contribution in [0.25, 0.3) is 12.2 Å². The van der Waals surface area contributed by atoms with Gasteiger partial charge in [-0.05, 0) is 41.8 Å². The molecule has 13 heteroatoms. The van der Waals surface area contributed by atoms with E-state index in [2.05, 4.69) is 15.0 Å². The van der Waals surface area contributed by atoms with E-state index < -0.39 is 35.3 Å². The van der Waals surface area contributed by atoms with E-state index in [1.807, 2.05) is 60.7 Å². The Kier molecular flexibility index (Phi) is 10.1. The van der Waals surface area contributed by atoms with Crippen molar-refractivity contribution >= 4 is 24.1 Å². The number of aromatic nitrogens is 3. The summed E-state index contributed by atoms with van der Waals surface area (Å²) in [5, 5.41) is 7.33. The maximum atomic E-state index is 12.4. The van der Waals surface area contributed by atoms with Gasteiger partial charge in [-0.2, -0.15) is 13.2 Å². The van der Waals surface area contributed by atoms with Crippen LogP contribution in [-0.4, -0.2) is 44.2 Å². The number of hydrogen-bond donors (Lipinski definition) is 4. The number of carboxylic acid groups (broad SMARTS) is 1. The van der Waals surface area contributed by atoms with Crippen molar-refractivity contribution in [3.63, 3.8) is 0 Å². The zero-order valence-corrected chi connectivity index (χ0v) is 21.1. The lowest BCUT2D eigenvalue weighted by Crippen LogP contribution is -2.46. The number of ether oxygens (including phenoxy) is 1. The minimum Gasteiger partial charge on any atom is -0.475 e. The molecule has 2 heterocycles. The highest BCUT2D eigenvalue weighted by Gasteiger charge is 2.38. The predicted octanol–water partition coefficient (Wildman–Crippen LogP) is 1.22. The summed E-state index contributed by atoms with van der Waals surface area (Å²) in [6.45, 7) is 0. The first-order valence-corrected chi connectivity index (χ1v) is 11.8. The molecule has 2 aromatic carbocycles. The molecule has 0 saturated carbocycles. The highest BCUT2D eigenvalue weighted by atomic mass is 19.4. The van der Waals surface area contributed by atoms with Crippen LogP contribution in [0.3, 0.4) is 0 Å². The van der Waals surface area contributed by atoms with Crippen LogP contribution in [0.15, 0.2) is 88.6 Å². The monoisotopic (exact) mass is 568 g/mol. The third-order valence-electron chi connectivity index (χ3n) is 5.21. The maximum Gasteiger partial charge on any atom is 0.490 e. The van der Waals surface area contributed by atoms with Crippen molar-refractivity contribution < 1.29 is 32.6 Å². The number of alkyl halides is 3. The number of carboxylic acids is 1. The van der Waals surface area contributed by atoms with Crippen LogP contribution in [0.1, 0.15) is 16.8 Å². The number of rotatable bonds is 6. The summed E-state index contributed by atoms with van der Waals surface area (Å²) in [7, 11) is 0. The zero-order valence-electron chi connectivity index (χ0n) is 21.1. The number of aliphatic carboxylic acids is 1. The normalized spacial score (nSPS) is 12.7. The fraction of sp³-hybridized carbons (Fsp3) is 0.107. The Morgan fingerprint density at radius 2 is 1.44 bits per heavy atom. The van der Waals surface area contributed by atoms with Gasteiger partial charge in [0.25, 0.3) is 11.1 Å². The van der Waals surface area contributed by atoms with Crippen molar-refractivity contribution in [2.75, 3.05) is 0 Å². The van der Waals surface area contributed by atoms with Gasteiger partial charge in [0, 0.05) is 0 Å². The molecule has 0 saturated heterocycles. The Hall–Kier alpha value is -5.30. The summed E-state index contributed by atoms with van der Waals surface area (Å²) in [6.07, 6.45) is -0.358. The second-order valence-electron chi connectivity index (χ2n) is 8.37. The number of nitrogens with two attached hydrogens (primary N) is 1. The lowest BCUT2D eigenvalue weighted by Gasteiger charge is -2.11. The zero-order chi connectivity index (χ0) is 30.0. The molecule has 1 unspecified atom stereocenters. The van der Waals surface area contributed by atoms with Crippen LogP contribution < -0.4 is 32.3 Å². The summed E-state index contributed by atoms with van der Waals surface area (Å²) in [4.78, 5) is 55.3. The van der Waals surface area contributed by atoms with E-state index in [9.17, 15) is 27.6 Å². The number of nitrogens with one attached hydrogen (secondary N) is 2. The number of H-pyrrole nitrogens is 2. The molecule has 10 nitrogen and oxygen atoms in total. The first-order chi connectivity index (χ1) is 19.4. The van der Waals surface area contributed by atoms with E-state index in [0.29, 0.717) is 12.1 Å². The highest BCUT2D eigenvalue weighted by Crippen LogP contribution is 2.13. The van der Waals surface area contributed by atoms with Crippen molar-refractivity contribution in [3.05, 3.63) is 127 Å². The number of esters is 1. The number of carbonyl (C=O) groups is 2. The number of nitrogens with zero attached hydrogens (tertiary/aromatic N) is 1. The molecule has 4 rings (SSSR count). The molecule has 0 fully saturated rings. The summed E-state index contributed by atoms with van der Waals surface area (Å²) in [5.41, 5.74) is 7.16. The van der Waals surface area contributed by atoms with E-state index in [-0.39, 0.29) is 16.4 Å². The number of halogens is 3. The fourth-order valence-corrected chi connectivity index (χ4v) is 3.24. The average molecular weight is 569 g/mol. The molecule has 4 aromatic rings. The molecule has 0 spiro atoms. The van der Waals surface area contributed by atoms with Crippen LogP contribution >= 0.6 is 0 Å². The van der Waals surface area contributed by atoms with Gasteiger partial charge in [-0.1, -0.05) is 60.7 Å². The molecule has 0 radical (unpaired) electrons. The Balaban J connectivity index is 0.000000587. The van der Waals surface area contributed by atoms with Crippen molar-refractivity contribution in [1.82, 2.24) is 15.0 Å². The minimum atomic E-state index is -5.08. The van der Waals surface area contributed by atoms with Crippen LogP contribution in [0.2, 0.25) is 0 Å². The number of benzene rings is 2. The van der Waals surface area contributed by atoms with Gasteiger partial charge in [0.15, 0.2) is 0 Å². The van der Waals surface area contributed by atoms with Crippen molar-refractivity contribution in [2.45, 2.75) is 18.6 Å². The molecule has 0 aliphatic rings. The van der Waals surface area contributed by atoms with E-state index in [0.717, 1.165) is 11.1 Å². The molecule has 212 valence electrons. The fourth-order valence-electron chi connectivity index (χ4n) is 3.24. The predicted molar refractivity (Wildman–Crippen MR) is 142 cm³/mol. The molecule has 5 N–H and O–H groups in total. The van der Waals surface area contributed by atoms with Crippen molar-refractivity contribution in [3.8, 4) is 5.75 Å². The van der Waals surface area contributed by atoms with E-state index >= 15 is 0 Å². The Morgan fingerprint density at radius 1 is 0.902 bits per heavy atom. The van der Waals surface area contributed by atoms with E-state index in [1.54, 1.807) is 12.1 Å². The van der Waals surface area contributed by atoms with Gasteiger partial charge < -0.3 is 25.5 Å². The van der Waals surface area contributed by atoms with Gasteiger partial charge in [0.05, 0.1) is 11.9 Å². The standard InChI is InChI=1S/C26H22N4O4.C2HF3O2/c27-21(13-17-7-3-1-4-8-17)26(33)34-20-12-11-19(28-16-20)15-23-25(32)29-22(24(31)30-23)14-18-9-5-2-6-10-18;3-2(4,5)1(6)7/h1-12,14-16,21H,13,27H2,(H,29,32)(H,30,31);(H,6,7). The molecule has 0 amide bonds. The molecule has 0 bridgehead atoms. The van der Waals surface area contributed by atoms with Gasteiger partial charge in [-0.25, -0.2) is 9.59 Å². The highest BCUT2D eigenvalue weighted by molar-refractivity contribution is 5.78. The molecule has 2 aromatic heterocycles. The topological polar surface area (TPSA) is 168 Å². The number of carbonyl (C=O) groups excluding carboxylic acids is 1. The first-order valence-electron chi connectivity index (χ1n) is 11.8. The van der Waals surface area contributed by atoms with Crippen LogP contribution in [0.5, 0.6) is 5.75 Å². The lowest BCUT2D eigenvalue weighted by molar-refractivity contribution is -0.192. The second kappa shape index (κ2) is 13.7. The first kappa shape index (κ1) is 30.2. The van der Waals surface area contributed by atoms with Gasteiger partial charge >= 0.3 is 18.1 Å². The molecule has 0 aliphatic carbocycles. The van der Waals surface area contributed by atoms with E-state index in [1.165, 1.54) is 18.3 Å². The van der Waals surface area contributed by atoms with Crippen molar-refractivity contribution in [2.24, 2.45) is 5.73 Å². The number of pyridine rings is 1. The Bertz CT molecular complexity index is 1720. The molecular formula is C28H23F3N4O6. The lowest BCUT2D eigenvalue weighted by atomic mass is 10.1. The number of aromatic amines is 2. The van der Waals surface area contributed by atoms with Gasteiger partial charge in [-0.3, -0.25) is 14.6 Å². The largest absolute Gasteiger partial charge is 0.490 e. The van der Waals surface area contributed by atoms with Gasteiger partial charge in [0.2, 0.25) is 0 Å². The van der Waals surface area contributed by atoms with E-state index in [4.69, 9.17) is 20.4 Å². The summed E-state index contributed by atoms with van der Waals surface area (Å²) in [5.74, 6) is -3.11. The molecule has 41 heavy (non-hydrogen) atoms. The SMILES string of the molecule is NC(Cc1ccccc1)C(=O)Oc1ccc(C=c2[nH]c(=O)c(=Cc3ccccc3)[nH]c2=O)nc1.O=C(O)C(F)(F)F. The summed E-state index contributed by atoms with van der Waals surface area (Å²) < 4.78 is 37.0. The summed E-state index contributed by atoms with van der Waals surface area (Å²) in [6, 6.07) is 20.9. The third-order valence-corrected chi connectivity index (χ3v) is 5.21. The molecule has 1 atom stereocenters. The maximum absolute atomic E-state index is 12.4. The molecule has 0 aliphatic heterocycles. The van der Waals surface area contributed by atoms with Crippen LogP contribution in [0, 0.1) is 0 Å². The third kappa shape index (κ3) is 9.44. The smallest absolute Gasteiger partial charge is 0.475 e. The quantitative estimate of drug-likeness (QED) is 0.252. The van der Waals surface area contributed by atoms with Gasteiger partial charge in [-0.15, -0.1) is 0 Å². The van der Waals surface area contributed by atoms with Crippen LogP contribution in [0.4, 0.5) is 13.2 Å². The molecular weight excluding hydrogens is 545 g/mol. The van der Waals surface area contributed by atoms with Gasteiger partial charge in [0.1, 0.15) is 22.5 Å². The minimum absolute atomic E-state index is 0.0531. The number of hydrogen-bond acceptors (Lipinski definition) is 7. The summed E-state index contributed by atoms with van der Waals surface area (Å²) >= 11 is 0.